The Labute approximate surface area is 110 Å². The first-order valence-electron chi connectivity index (χ1n) is 5.65. The third-order valence-electron chi connectivity index (χ3n) is 2.65. The minimum Gasteiger partial charge on any atom is -0.495 e. The lowest BCUT2D eigenvalue weighted by Gasteiger charge is -2.26. The van der Waals surface area contributed by atoms with Crippen molar-refractivity contribution in [1.29, 1.82) is 0 Å². The van der Waals surface area contributed by atoms with Crippen molar-refractivity contribution in [2.24, 2.45) is 0 Å². The van der Waals surface area contributed by atoms with E-state index >= 15 is 0 Å². The second-order valence-corrected chi connectivity index (χ2v) is 4.77. The van der Waals surface area contributed by atoms with Gasteiger partial charge in [-0.05, 0) is 25.3 Å². The normalized spacial score (nSPS) is 11.9. The molecular weight excluding hydrogens is 254 g/mol. The average molecular weight is 271 g/mol. The fourth-order valence-electron chi connectivity index (χ4n) is 1.76. The van der Waals surface area contributed by atoms with Crippen molar-refractivity contribution in [2.75, 3.05) is 13.7 Å². The zero-order chi connectivity index (χ0) is 13.7. The molecule has 0 aromatic carbocycles. The molecule has 0 bridgehead atoms. The number of amides is 1. The van der Waals surface area contributed by atoms with E-state index in [1.54, 1.807) is 23.3 Å². The van der Waals surface area contributed by atoms with Gasteiger partial charge in [0.15, 0.2) is 0 Å². The van der Waals surface area contributed by atoms with Gasteiger partial charge in [0, 0.05) is 12.6 Å². The molecule has 0 spiro atoms. The number of hydrogen-bond acceptors (Lipinski definition) is 4. The van der Waals surface area contributed by atoms with Crippen LogP contribution in [0.5, 0.6) is 5.75 Å². The molecule has 1 atom stereocenters. The monoisotopic (exact) mass is 271 g/mol. The van der Waals surface area contributed by atoms with E-state index < -0.39 is 5.97 Å². The fraction of sp³-hybridized carbons (Fsp3) is 0.500. The maximum atomic E-state index is 12.3. The highest BCUT2D eigenvalue weighted by atomic mass is 32.1. The Morgan fingerprint density at radius 3 is 2.72 bits per heavy atom. The summed E-state index contributed by atoms with van der Waals surface area (Å²) in [5.41, 5.74) is 0. The molecule has 18 heavy (non-hydrogen) atoms. The molecule has 0 saturated carbocycles. The molecule has 1 rings (SSSR count). The van der Waals surface area contributed by atoms with E-state index in [0.717, 1.165) is 0 Å². The van der Waals surface area contributed by atoms with Crippen LogP contribution in [-0.2, 0) is 4.79 Å². The van der Waals surface area contributed by atoms with Gasteiger partial charge in [0.2, 0.25) is 0 Å². The molecule has 0 aliphatic heterocycles. The summed E-state index contributed by atoms with van der Waals surface area (Å²) in [5.74, 6) is -0.559. The number of thiophene rings is 1. The number of methoxy groups -OCH3 is 1. The number of carboxylic acids is 1. The van der Waals surface area contributed by atoms with Crippen molar-refractivity contribution in [3.05, 3.63) is 16.3 Å². The van der Waals surface area contributed by atoms with Crippen LogP contribution in [0.3, 0.4) is 0 Å². The van der Waals surface area contributed by atoms with Gasteiger partial charge in [-0.3, -0.25) is 9.59 Å². The zero-order valence-corrected chi connectivity index (χ0v) is 11.5. The van der Waals surface area contributed by atoms with Crippen molar-refractivity contribution in [3.8, 4) is 5.75 Å². The van der Waals surface area contributed by atoms with Gasteiger partial charge in [-0.2, -0.15) is 0 Å². The Kier molecular flexibility index (Phi) is 5.15. The van der Waals surface area contributed by atoms with Crippen LogP contribution in [0.4, 0.5) is 0 Å². The maximum absolute atomic E-state index is 12.3. The molecule has 0 radical (unpaired) electrons. The molecule has 1 heterocycles. The summed E-state index contributed by atoms with van der Waals surface area (Å²) < 4.78 is 5.11. The number of carbonyl (C=O) groups is 2. The van der Waals surface area contributed by atoms with Gasteiger partial charge < -0.3 is 14.7 Å². The molecule has 0 aliphatic carbocycles. The fourth-order valence-corrected chi connectivity index (χ4v) is 2.58. The van der Waals surface area contributed by atoms with Crippen molar-refractivity contribution < 1.29 is 19.4 Å². The number of carbonyl (C=O) groups excluding carboxylic acids is 1. The van der Waals surface area contributed by atoms with Gasteiger partial charge in [-0.1, -0.05) is 0 Å². The highest BCUT2D eigenvalue weighted by Crippen LogP contribution is 2.26. The predicted molar refractivity (Wildman–Crippen MR) is 69.3 cm³/mol. The average Bonchev–Trinajstić information content (AvgIpc) is 2.76. The first-order valence-corrected chi connectivity index (χ1v) is 6.53. The summed E-state index contributed by atoms with van der Waals surface area (Å²) in [4.78, 5) is 25.1. The first kappa shape index (κ1) is 14.5. The highest BCUT2D eigenvalue weighted by Gasteiger charge is 2.25. The summed E-state index contributed by atoms with van der Waals surface area (Å²) in [6, 6.07) is 1.39. The smallest absolute Gasteiger partial charge is 0.305 e. The van der Waals surface area contributed by atoms with Crippen LogP contribution in [0, 0.1) is 0 Å². The summed E-state index contributed by atoms with van der Waals surface area (Å²) in [5, 5.41) is 10.6. The Morgan fingerprint density at radius 1 is 1.56 bits per heavy atom. The quantitative estimate of drug-likeness (QED) is 0.860. The second-order valence-electron chi connectivity index (χ2n) is 3.86. The van der Waals surface area contributed by atoms with Crippen LogP contribution in [0.2, 0.25) is 0 Å². The van der Waals surface area contributed by atoms with Crippen molar-refractivity contribution >= 4 is 23.2 Å². The number of carboxylic acid groups (broad SMARTS) is 1. The molecule has 5 nitrogen and oxygen atoms in total. The molecule has 1 amide bonds. The third kappa shape index (κ3) is 3.22. The summed E-state index contributed by atoms with van der Waals surface area (Å²) >= 11 is 1.30. The molecule has 100 valence electrons. The molecule has 1 unspecified atom stereocenters. The summed E-state index contributed by atoms with van der Waals surface area (Å²) in [6.45, 7) is 4.03. The molecule has 1 aromatic heterocycles. The van der Waals surface area contributed by atoms with E-state index in [1.165, 1.54) is 18.4 Å². The van der Waals surface area contributed by atoms with Crippen molar-refractivity contribution in [2.45, 2.75) is 26.3 Å². The Bertz CT molecular complexity index is 429. The van der Waals surface area contributed by atoms with E-state index in [1.807, 2.05) is 6.92 Å². The Hall–Kier alpha value is -1.56. The molecule has 6 heteroatoms. The highest BCUT2D eigenvalue weighted by molar-refractivity contribution is 7.12. The summed E-state index contributed by atoms with van der Waals surface area (Å²) in [7, 11) is 1.51. The molecule has 1 aromatic rings. The van der Waals surface area contributed by atoms with E-state index in [9.17, 15) is 9.59 Å². The van der Waals surface area contributed by atoms with Crippen LogP contribution in [0.1, 0.15) is 29.9 Å². The van der Waals surface area contributed by atoms with Crippen LogP contribution < -0.4 is 4.74 Å². The van der Waals surface area contributed by atoms with Crippen LogP contribution in [-0.4, -0.2) is 41.6 Å². The minimum absolute atomic E-state index is 0.0622. The van der Waals surface area contributed by atoms with Crippen molar-refractivity contribution in [1.82, 2.24) is 4.90 Å². The largest absolute Gasteiger partial charge is 0.495 e. The van der Waals surface area contributed by atoms with Gasteiger partial charge in [0.25, 0.3) is 5.91 Å². The van der Waals surface area contributed by atoms with Gasteiger partial charge in [0.05, 0.1) is 13.5 Å². The lowest BCUT2D eigenvalue weighted by molar-refractivity contribution is -0.138. The van der Waals surface area contributed by atoms with E-state index in [2.05, 4.69) is 0 Å². The van der Waals surface area contributed by atoms with E-state index in [4.69, 9.17) is 9.84 Å². The number of hydrogen-bond donors (Lipinski definition) is 1. The Morgan fingerprint density at radius 2 is 2.22 bits per heavy atom. The topological polar surface area (TPSA) is 66.8 Å². The van der Waals surface area contributed by atoms with Crippen molar-refractivity contribution in [3.63, 3.8) is 0 Å². The van der Waals surface area contributed by atoms with Crippen LogP contribution >= 0.6 is 11.3 Å². The van der Waals surface area contributed by atoms with Crippen LogP contribution in [0.15, 0.2) is 11.4 Å². The molecule has 1 N–H and O–H groups in total. The SMILES string of the molecule is CCN(C(=O)c1sccc1OC)C(C)CC(=O)O. The Balaban J connectivity index is 2.88. The number of rotatable bonds is 6. The van der Waals surface area contributed by atoms with E-state index in [0.29, 0.717) is 17.2 Å². The van der Waals surface area contributed by atoms with E-state index in [-0.39, 0.29) is 18.4 Å². The maximum Gasteiger partial charge on any atom is 0.305 e. The third-order valence-corrected chi connectivity index (χ3v) is 3.53. The zero-order valence-electron chi connectivity index (χ0n) is 10.7. The molecule has 0 aliphatic rings. The van der Waals surface area contributed by atoms with Gasteiger partial charge in [0.1, 0.15) is 10.6 Å². The predicted octanol–water partition coefficient (Wildman–Crippen LogP) is 2.08. The summed E-state index contributed by atoms with van der Waals surface area (Å²) in [6.07, 6.45) is -0.0622. The minimum atomic E-state index is -0.910. The number of aliphatic carboxylic acids is 1. The molecule has 0 saturated heterocycles. The lowest BCUT2D eigenvalue weighted by Crippen LogP contribution is -2.39. The molecular formula is C12H17NO4S. The van der Waals surface area contributed by atoms with Gasteiger partial charge >= 0.3 is 5.97 Å². The first-order chi connectivity index (χ1) is 8.51. The second kappa shape index (κ2) is 6.39. The van der Waals surface area contributed by atoms with Gasteiger partial charge in [-0.25, -0.2) is 0 Å². The van der Waals surface area contributed by atoms with Gasteiger partial charge in [-0.15, -0.1) is 11.3 Å². The molecule has 0 fully saturated rings. The number of ether oxygens (including phenoxy) is 1. The van der Waals surface area contributed by atoms with Crippen LogP contribution in [0.25, 0.3) is 0 Å². The lowest BCUT2D eigenvalue weighted by atomic mass is 10.2. The number of nitrogens with zero attached hydrogens (tertiary/aromatic N) is 1. The standard InChI is InChI=1S/C12H17NO4S/c1-4-13(8(2)7-10(14)15)12(16)11-9(17-3)5-6-18-11/h5-6,8H,4,7H2,1-3H3,(H,14,15).